The van der Waals surface area contributed by atoms with Crippen LogP contribution in [0, 0.1) is 24.7 Å². The van der Waals surface area contributed by atoms with E-state index >= 15 is 26.3 Å². The van der Waals surface area contributed by atoms with Crippen LogP contribution in [0.3, 0.4) is 0 Å². The number of ether oxygens (including phenoxy) is 2. The quantitative estimate of drug-likeness (QED) is 0.115. The zero-order valence-electron chi connectivity index (χ0n) is 25.8. The normalized spacial score (nSPS) is 14.3. The van der Waals surface area contributed by atoms with E-state index in [1.54, 1.807) is 0 Å². The van der Waals surface area contributed by atoms with E-state index in [-0.39, 0.29) is 36.1 Å². The number of nitrogens with zero attached hydrogens (tertiary/aromatic N) is 2. The Balaban J connectivity index is 1.45. The third-order valence-electron chi connectivity index (χ3n) is 8.29. The summed E-state index contributed by atoms with van der Waals surface area (Å²) in [5, 5.41) is 0. The molecule has 0 saturated heterocycles. The van der Waals surface area contributed by atoms with Crippen molar-refractivity contribution in [1.82, 2.24) is 0 Å². The highest BCUT2D eigenvalue weighted by Gasteiger charge is 2.73. The molecule has 0 unspecified atom stereocenters. The molecule has 2 heterocycles. The van der Waals surface area contributed by atoms with Crippen LogP contribution in [0.4, 0.5) is 37.7 Å². The molecule has 0 fully saturated rings. The van der Waals surface area contributed by atoms with Crippen LogP contribution in [0.1, 0.15) is 52.6 Å². The molecular formula is C37H20F6N2O6. The minimum absolute atomic E-state index is 0.0744. The van der Waals surface area contributed by atoms with Gasteiger partial charge in [-0.05, 0) is 59.7 Å². The molecule has 51 heavy (non-hydrogen) atoms. The van der Waals surface area contributed by atoms with E-state index in [1.807, 2.05) is 0 Å². The number of amides is 4. The van der Waals surface area contributed by atoms with Gasteiger partial charge in [0.05, 0.1) is 33.6 Å². The van der Waals surface area contributed by atoms with Gasteiger partial charge in [-0.2, -0.15) is 26.3 Å². The standard InChI is InChI=1S/C37H20F6N2O6/c1-3-15-50-25-9-5-7-23(19-25)44-31(46)27-13-11-21(17-29(27)33(44)48)35(36(38,39)40,37(41,42)43)22-12-14-28-30(18-22)34(49)45(32(28)47)24-8-6-10-26(20-24)51-16-4-2/h1-2,5-14,17-20H,15-16H2. The SMILES string of the molecule is C#CCOc1cccc(N2C(=O)c3ccc(C(c4ccc5c(c4)C(=O)N(c4cccc(OCC#C)c4)C5=O)(C(F)(F)F)C(F)(F)F)cc3C2=O)c1. The first kappa shape index (κ1) is 34.3. The molecule has 0 radical (unpaired) electrons. The van der Waals surface area contributed by atoms with Crippen molar-refractivity contribution in [2.45, 2.75) is 17.8 Å². The van der Waals surface area contributed by atoms with Gasteiger partial charge in [-0.15, -0.1) is 12.8 Å². The lowest BCUT2D eigenvalue weighted by molar-refractivity contribution is -0.288. The number of benzene rings is 4. The molecule has 0 N–H and O–H groups in total. The van der Waals surface area contributed by atoms with Gasteiger partial charge in [-0.25, -0.2) is 9.80 Å². The van der Waals surface area contributed by atoms with Crippen LogP contribution in [0.5, 0.6) is 11.5 Å². The summed E-state index contributed by atoms with van der Waals surface area (Å²) in [5.41, 5.74) is -10.2. The third-order valence-corrected chi connectivity index (χ3v) is 8.29. The number of anilines is 2. The molecule has 14 heteroatoms. The number of halogens is 6. The van der Waals surface area contributed by atoms with Crippen LogP contribution in [0.2, 0.25) is 0 Å². The molecular weight excluding hydrogens is 682 g/mol. The van der Waals surface area contributed by atoms with Crippen molar-refractivity contribution in [3.63, 3.8) is 0 Å². The Bertz CT molecular complexity index is 2070. The molecule has 0 spiro atoms. The topological polar surface area (TPSA) is 93.2 Å². The van der Waals surface area contributed by atoms with Gasteiger partial charge in [0.1, 0.15) is 24.7 Å². The fraction of sp³-hybridized carbons (Fsp3) is 0.135. The first-order chi connectivity index (χ1) is 24.1. The Morgan fingerprint density at radius 3 is 1.25 bits per heavy atom. The van der Waals surface area contributed by atoms with E-state index in [0.717, 1.165) is 0 Å². The summed E-state index contributed by atoms with van der Waals surface area (Å²) in [6.07, 6.45) is -1.89. The van der Waals surface area contributed by atoms with E-state index < -0.39 is 74.8 Å². The highest BCUT2D eigenvalue weighted by atomic mass is 19.4. The molecule has 0 atom stereocenters. The Hall–Kier alpha value is -6.54. The van der Waals surface area contributed by atoms with Crippen LogP contribution in [-0.4, -0.2) is 49.2 Å². The largest absolute Gasteiger partial charge is 0.481 e. The fourth-order valence-corrected chi connectivity index (χ4v) is 6.07. The Labute approximate surface area is 285 Å². The molecule has 0 aliphatic carbocycles. The Morgan fingerprint density at radius 2 is 0.902 bits per heavy atom. The zero-order valence-corrected chi connectivity index (χ0v) is 25.8. The molecule has 2 aliphatic heterocycles. The number of hydrogen-bond acceptors (Lipinski definition) is 6. The van der Waals surface area contributed by atoms with Gasteiger partial charge < -0.3 is 9.47 Å². The number of imide groups is 2. The lowest BCUT2D eigenvalue weighted by atomic mass is 9.71. The predicted octanol–water partition coefficient (Wildman–Crippen LogP) is 6.72. The van der Waals surface area contributed by atoms with Crippen LogP contribution in [0.15, 0.2) is 84.9 Å². The molecule has 4 aromatic rings. The minimum atomic E-state index is -6.13. The molecule has 0 aromatic heterocycles. The first-order valence-electron chi connectivity index (χ1n) is 14.7. The van der Waals surface area contributed by atoms with E-state index in [4.69, 9.17) is 22.3 Å². The molecule has 4 aromatic carbocycles. The summed E-state index contributed by atoms with van der Waals surface area (Å²) in [4.78, 5) is 54.7. The van der Waals surface area contributed by atoms with Crippen molar-refractivity contribution < 1.29 is 55.0 Å². The van der Waals surface area contributed by atoms with Crippen molar-refractivity contribution in [2.75, 3.05) is 23.0 Å². The Morgan fingerprint density at radius 1 is 0.529 bits per heavy atom. The number of rotatable bonds is 8. The van der Waals surface area contributed by atoms with Crippen LogP contribution in [-0.2, 0) is 5.41 Å². The second kappa shape index (κ2) is 12.4. The maximum atomic E-state index is 15.2. The number of hydrogen-bond donors (Lipinski definition) is 0. The number of carbonyl (C=O) groups is 4. The predicted molar refractivity (Wildman–Crippen MR) is 170 cm³/mol. The molecule has 0 bridgehead atoms. The average molecular weight is 703 g/mol. The van der Waals surface area contributed by atoms with Crippen molar-refractivity contribution in [3.05, 3.63) is 118 Å². The van der Waals surface area contributed by atoms with Gasteiger partial charge in [0.25, 0.3) is 23.6 Å². The summed E-state index contributed by atoms with van der Waals surface area (Å²) in [5.74, 6) is 0.353. The number of carbonyl (C=O) groups excluding carboxylic acids is 4. The third kappa shape index (κ3) is 5.41. The summed E-state index contributed by atoms with van der Waals surface area (Å²) in [6, 6.07) is 13.9. The fourth-order valence-electron chi connectivity index (χ4n) is 6.07. The van der Waals surface area contributed by atoms with E-state index in [9.17, 15) is 19.2 Å². The smallest absolute Gasteiger partial charge is 0.411 e. The van der Waals surface area contributed by atoms with Gasteiger partial charge in [-0.1, -0.05) is 36.1 Å². The van der Waals surface area contributed by atoms with E-state index in [2.05, 4.69) is 11.8 Å². The average Bonchev–Trinajstić information content (AvgIpc) is 3.48. The second-order valence-corrected chi connectivity index (χ2v) is 11.1. The number of fused-ring (bicyclic) bond motifs is 2. The minimum Gasteiger partial charge on any atom is -0.481 e. The zero-order chi connectivity index (χ0) is 36.9. The molecule has 6 rings (SSSR count). The van der Waals surface area contributed by atoms with Crippen molar-refractivity contribution in [2.24, 2.45) is 0 Å². The van der Waals surface area contributed by atoms with Crippen LogP contribution in [0.25, 0.3) is 0 Å². The maximum absolute atomic E-state index is 15.2. The summed E-state index contributed by atoms with van der Waals surface area (Å²) in [6.45, 7) is -0.330. The number of alkyl halides is 6. The van der Waals surface area contributed by atoms with E-state index in [1.165, 1.54) is 48.5 Å². The van der Waals surface area contributed by atoms with Gasteiger partial charge in [0, 0.05) is 12.1 Å². The van der Waals surface area contributed by atoms with Crippen molar-refractivity contribution in [3.8, 4) is 36.2 Å². The lowest BCUT2D eigenvalue weighted by Crippen LogP contribution is -2.55. The van der Waals surface area contributed by atoms with Crippen LogP contribution < -0.4 is 19.3 Å². The first-order valence-corrected chi connectivity index (χ1v) is 14.7. The van der Waals surface area contributed by atoms with Gasteiger partial charge in [0.15, 0.2) is 0 Å². The number of terminal acetylenes is 2. The van der Waals surface area contributed by atoms with Crippen molar-refractivity contribution in [1.29, 1.82) is 0 Å². The molecule has 256 valence electrons. The molecule has 4 amide bonds. The summed E-state index contributed by atoms with van der Waals surface area (Å²) in [7, 11) is 0. The van der Waals surface area contributed by atoms with Gasteiger partial charge in [0.2, 0.25) is 5.41 Å². The van der Waals surface area contributed by atoms with Crippen LogP contribution >= 0.6 is 0 Å². The highest BCUT2D eigenvalue weighted by molar-refractivity contribution is 6.35. The van der Waals surface area contributed by atoms with Crippen molar-refractivity contribution >= 4 is 35.0 Å². The van der Waals surface area contributed by atoms with E-state index in [0.29, 0.717) is 46.2 Å². The maximum Gasteiger partial charge on any atom is 0.411 e. The molecule has 0 saturated carbocycles. The van der Waals surface area contributed by atoms with Gasteiger partial charge >= 0.3 is 12.4 Å². The monoisotopic (exact) mass is 702 g/mol. The molecule has 2 aliphatic rings. The summed E-state index contributed by atoms with van der Waals surface area (Å²) >= 11 is 0. The Kier molecular flexibility index (Phi) is 8.35. The van der Waals surface area contributed by atoms with Gasteiger partial charge in [-0.3, -0.25) is 19.2 Å². The lowest BCUT2D eigenvalue weighted by Gasteiger charge is -2.38. The molecule has 8 nitrogen and oxygen atoms in total. The highest BCUT2D eigenvalue weighted by Crippen LogP contribution is 2.57. The summed E-state index contributed by atoms with van der Waals surface area (Å²) < 4.78 is 102. The second-order valence-electron chi connectivity index (χ2n) is 11.1.